The smallest absolute Gasteiger partial charge is 0.236 e. The molecular formula is C13H25ClN2O. The van der Waals surface area contributed by atoms with E-state index >= 15 is 0 Å². The Balaban J connectivity index is 0.00000144. The van der Waals surface area contributed by atoms with Crippen LogP contribution >= 0.6 is 12.4 Å². The van der Waals surface area contributed by atoms with Gasteiger partial charge in [-0.25, -0.2) is 0 Å². The summed E-state index contributed by atoms with van der Waals surface area (Å²) in [5, 5.41) is 3.26. The van der Waals surface area contributed by atoms with E-state index in [-0.39, 0.29) is 18.3 Å². The van der Waals surface area contributed by atoms with Crippen LogP contribution in [0.25, 0.3) is 0 Å². The lowest BCUT2D eigenvalue weighted by atomic mass is 10.1. The van der Waals surface area contributed by atoms with Gasteiger partial charge < -0.3 is 10.2 Å². The molecule has 0 radical (unpaired) electrons. The second kappa shape index (κ2) is 7.22. The van der Waals surface area contributed by atoms with Crippen molar-refractivity contribution in [1.29, 1.82) is 0 Å². The zero-order chi connectivity index (χ0) is 11.4. The molecule has 2 aliphatic carbocycles. The predicted octanol–water partition coefficient (Wildman–Crippen LogP) is 2.06. The van der Waals surface area contributed by atoms with Gasteiger partial charge >= 0.3 is 0 Å². The lowest BCUT2D eigenvalue weighted by Crippen LogP contribution is -2.38. The molecule has 0 spiro atoms. The molecule has 0 aromatic carbocycles. The fourth-order valence-electron chi connectivity index (χ4n) is 2.52. The summed E-state index contributed by atoms with van der Waals surface area (Å²) in [4.78, 5) is 13.7. The third-order valence-corrected chi connectivity index (χ3v) is 3.84. The Morgan fingerprint density at radius 2 is 1.82 bits per heavy atom. The summed E-state index contributed by atoms with van der Waals surface area (Å²) < 4.78 is 0. The van der Waals surface area contributed by atoms with Crippen LogP contribution in [0.15, 0.2) is 0 Å². The number of likely N-dealkylation sites (N-methyl/N-ethyl adjacent to an activating group) is 1. The molecule has 17 heavy (non-hydrogen) atoms. The molecule has 1 N–H and O–H groups in total. The number of rotatable bonds is 6. The fourth-order valence-corrected chi connectivity index (χ4v) is 2.52. The summed E-state index contributed by atoms with van der Waals surface area (Å²) in [6.07, 6.45) is 8.03. The third kappa shape index (κ3) is 5.26. The topological polar surface area (TPSA) is 32.3 Å². The van der Waals surface area contributed by atoms with Gasteiger partial charge in [-0.2, -0.15) is 0 Å². The third-order valence-electron chi connectivity index (χ3n) is 3.84. The first-order valence-corrected chi connectivity index (χ1v) is 6.70. The Labute approximate surface area is 111 Å². The van der Waals surface area contributed by atoms with Gasteiger partial charge in [0.05, 0.1) is 6.54 Å². The van der Waals surface area contributed by atoms with Crippen molar-refractivity contribution in [3.63, 3.8) is 0 Å². The lowest BCUT2D eigenvalue weighted by molar-refractivity contribution is -0.129. The molecule has 0 saturated heterocycles. The molecule has 2 rings (SSSR count). The minimum absolute atomic E-state index is 0. The monoisotopic (exact) mass is 260 g/mol. The Kier molecular flexibility index (Phi) is 6.28. The largest absolute Gasteiger partial charge is 0.344 e. The van der Waals surface area contributed by atoms with E-state index in [1.54, 1.807) is 0 Å². The number of halogens is 1. The molecule has 0 atom stereocenters. The van der Waals surface area contributed by atoms with E-state index in [0.717, 1.165) is 24.9 Å². The summed E-state index contributed by atoms with van der Waals surface area (Å²) in [6.45, 7) is 2.52. The Morgan fingerprint density at radius 3 is 2.41 bits per heavy atom. The van der Waals surface area contributed by atoms with E-state index in [0.29, 0.717) is 6.54 Å². The van der Waals surface area contributed by atoms with Crippen LogP contribution in [-0.2, 0) is 4.79 Å². The van der Waals surface area contributed by atoms with Crippen LogP contribution in [0.2, 0.25) is 0 Å². The van der Waals surface area contributed by atoms with Gasteiger partial charge in [0, 0.05) is 13.6 Å². The molecule has 2 fully saturated rings. The SMILES string of the molecule is CN(CC1CCCC1)C(=O)CNCC1CC1.Cl. The second-order valence-corrected chi connectivity index (χ2v) is 5.50. The Hall–Kier alpha value is -0.280. The Bertz CT molecular complexity index is 238. The molecule has 100 valence electrons. The maximum atomic E-state index is 11.8. The molecule has 0 aliphatic heterocycles. The molecular weight excluding hydrogens is 236 g/mol. The van der Waals surface area contributed by atoms with Crippen LogP contribution < -0.4 is 5.32 Å². The van der Waals surface area contributed by atoms with Gasteiger partial charge in [-0.05, 0) is 44.1 Å². The molecule has 4 heteroatoms. The second-order valence-electron chi connectivity index (χ2n) is 5.50. The molecule has 0 unspecified atom stereocenters. The van der Waals surface area contributed by atoms with Crippen molar-refractivity contribution >= 4 is 18.3 Å². The zero-order valence-electron chi connectivity index (χ0n) is 10.8. The summed E-state index contributed by atoms with van der Waals surface area (Å²) in [5.74, 6) is 1.87. The highest BCUT2D eigenvalue weighted by molar-refractivity contribution is 5.85. The average molecular weight is 261 g/mol. The minimum Gasteiger partial charge on any atom is -0.344 e. The molecule has 3 nitrogen and oxygen atoms in total. The lowest BCUT2D eigenvalue weighted by Gasteiger charge is -2.21. The van der Waals surface area contributed by atoms with E-state index in [4.69, 9.17) is 0 Å². The van der Waals surface area contributed by atoms with Gasteiger partial charge in [-0.3, -0.25) is 4.79 Å². The van der Waals surface area contributed by atoms with E-state index < -0.39 is 0 Å². The number of nitrogens with zero attached hydrogens (tertiary/aromatic N) is 1. The first-order valence-electron chi connectivity index (χ1n) is 6.70. The molecule has 0 bridgehead atoms. The standard InChI is InChI=1S/C13H24N2O.ClH/c1-15(10-12-4-2-3-5-12)13(16)9-14-8-11-6-7-11;/h11-12,14H,2-10H2,1H3;1H. The molecule has 0 aromatic rings. The van der Waals surface area contributed by atoms with Crippen molar-refractivity contribution < 1.29 is 4.79 Å². The number of amides is 1. The minimum atomic E-state index is 0. The van der Waals surface area contributed by atoms with Gasteiger partial charge in [-0.15, -0.1) is 12.4 Å². The summed E-state index contributed by atoms with van der Waals surface area (Å²) in [6, 6.07) is 0. The van der Waals surface area contributed by atoms with Crippen LogP contribution in [0.3, 0.4) is 0 Å². The number of carbonyl (C=O) groups excluding carboxylic acids is 1. The highest BCUT2D eigenvalue weighted by atomic mass is 35.5. The maximum absolute atomic E-state index is 11.8. The van der Waals surface area contributed by atoms with Gasteiger partial charge in [0.25, 0.3) is 0 Å². The van der Waals surface area contributed by atoms with Crippen LogP contribution in [-0.4, -0.2) is 37.5 Å². The van der Waals surface area contributed by atoms with Crippen LogP contribution in [0.4, 0.5) is 0 Å². The van der Waals surface area contributed by atoms with E-state index in [9.17, 15) is 4.79 Å². The molecule has 2 saturated carbocycles. The maximum Gasteiger partial charge on any atom is 0.236 e. The van der Waals surface area contributed by atoms with E-state index in [1.165, 1.54) is 38.5 Å². The number of carbonyl (C=O) groups is 1. The van der Waals surface area contributed by atoms with E-state index in [2.05, 4.69) is 5.32 Å². The van der Waals surface area contributed by atoms with Crippen LogP contribution in [0.1, 0.15) is 38.5 Å². The highest BCUT2D eigenvalue weighted by Crippen LogP contribution is 2.27. The van der Waals surface area contributed by atoms with Crippen molar-refractivity contribution in [3.05, 3.63) is 0 Å². The quantitative estimate of drug-likeness (QED) is 0.793. The summed E-state index contributed by atoms with van der Waals surface area (Å²) in [7, 11) is 1.94. The van der Waals surface area contributed by atoms with Gasteiger partial charge in [-0.1, -0.05) is 12.8 Å². The van der Waals surface area contributed by atoms with Crippen molar-refractivity contribution in [2.24, 2.45) is 11.8 Å². The van der Waals surface area contributed by atoms with Crippen molar-refractivity contribution in [1.82, 2.24) is 10.2 Å². The summed E-state index contributed by atoms with van der Waals surface area (Å²) >= 11 is 0. The van der Waals surface area contributed by atoms with Gasteiger partial charge in [0.15, 0.2) is 0 Å². The predicted molar refractivity (Wildman–Crippen MR) is 72.4 cm³/mol. The molecule has 0 heterocycles. The van der Waals surface area contributed by atoms with Crippen LogP contribution in [0.5, 0.6) is 0 Å². The fraction of sp³-hybridized carbons (Fsp3) is 0.923. The Morgan fingerprint density at radius 1 is 1.18 bits per heavy atom. The first kappa shape index (κ1) is 14.8. The number of hydrogen-bond acceptors (Lipinski definition) is 2. The average Bonchev–Trinajstić information content (AvgIpc) is 2.95. The van der Waals surface area contributed by atoms with Crippen molar-refractivity contribution in [2.45, 2.75) is 38.5 Å². The molecule has 0 aromatic heterocycles. The molecule has 2 aliphatic rings. The number of nitrogens with one attached hydrogen (secondary N) is 1. The first-order chi connectivity index (χ1) is 7.75. The van der Waals surface area contributed by atoms with Crippen molar-refractivity contribution in [2.75, 3.05) is 26.7 Å². The highest BCUT2D eigenvalue weighted by Gasteiger charge is 2.22. The number of hydrogen-bond donors (Lipinski definition) is 1. The molecule has 1 amide bonds. The van der Waals surface area contributed by atoms with Gasteiger partial charge in [0.2, 0.25) is 5.91 Å². The van der Waals surface area contributed by atoms with Gasteiger partial charge in [0.1, 0.15) is 0 Å². The van der Waals surface area contributed by atoms with Crippen molar-refractivity contribution in [3.8, 4) is 0 Å². The van der Waals surface area contributed by atoms with Crippen LogP contribution in [0, 0.1) is 11.8 Å². The van der Waals surface area contributed by atoms with E-state index in [1.807, 2.05) is 11.9 Å². The summed E-state index contributed by atoms with van der Waals surface area (Å²) in [5.41, 5.74) is 0. The normalized spacial score (nSPS) is 20.1. The zero-order valence-corrected chi connectivity index (χ0v) is 11.6.